The van der Waals surface area contributed by atoms with Crippen LogP contribution in [-0.2, 0) is 0 Å². The van der Waals surface area contributed by atoms with Crippen LogP contribution in [-0.4, -0.2) is 26.5 Å². The van der Waals surface area contributed by atoms with Gasteiger partial charge in [-0.25, -0.2) is 0 Å². The second kappa shape index (κ2) is 4.73. The molecule has 0 aliphatic carbocycles. The molecule has 6 nitrogen and oxygen atoms in total. The summed E-state index contributed by atoms with van der Waals surface area (Å²) in [5.41, 5.74) is 7.46. The van der Waals surface area contributed by atoms with E-state index in [0.717, 1.165) is 11.1 Å². The first-order valence-electron chi connectivity index (χ1n) is 5.26. The lowest BCUT2D eigenvalue weighted by atomic mass is 10.1. The summed E-state index contributed by atoms with van der Waals surface area (Å²) in [7, 11) is 0. The van der Waals surface area contributed by atoms with Crippen molar-refractivity contribution in [2.75, 3.05) is 12.3 Å². The highest BCUT2D eigenvalue weighted by atomic mass is 16.5. The van der Waals surface area contributed by atoms with Crippen LogP contribution in [0.5, 0.6) is 6.01 Å². The number of nitrogens with two attached hydrogens (primary N) is 1. The van der Waals surface area contributed by atoms with Crippen LogP contribution in [0.4, 0.5) is 5.95 Å². The van der Waals surface area contributed by atoms with Crippen molar-refractivity contribution in [2.24, 2.45) is 0 Å². The first-order valence-corrected chi connectivity index (χ1v) is 5.26. The number of pyridine rings is 1. The topological polar surface area (TPSA) is 86.8 Å². The Morgan fingerprint density at radius 1 is 1.29 bits per heavy atom. The fraction of sp³-hybridized carbons (Fsp3) is 0.273. The summed E-state index contributed by atoms with van der Waals surface area (Å²) in [4.78, 5) is 16.2. The predicted molar refractivity (Wildman–Crippen MR) is 63.4 cm³/mol. The van der Waals surface area contributed by atoms with Crippen LogP contribution >= 0.6 is 0 Å². The maximum Gasteiger partial charge on any atom is 0.321 e. The average Bonchev–Trinajstić information content (AvgIpc) is 2.29. The van der Waals surface area contributed by atoms with Crippen LogP contribution in [0.15, 0.2) is 18.5 Å². The molecule has 0 unspecified atom stereocenters. The van der Waals surface area contributed by atoms with E-state index in [1.165, 1.54) is 0 Å². The molecule has 0 spiro atoms. The van der Waals surface area contributed by atoms with Crippen LogP contribution in [0.3, 0.4) is 0 Å². The number of anilines is 1. The van der Waals surface area contributed by atoms with Gasteiger partial charge in [0.05, 0.1) is 6.61 Å². The molecule has 0 saturated heterocycles. The molecule has 2 heterocycles. The quantitative estimate of drug-likeness (QED) is 0.854. The van der Waals surface area contributed by atoms with Crippen molar-refractivity contribution in [3.05, 3.63) is 24.0 Å². The van der Waals surface area contributed by atoms with Crippen molar-refractivity contribution in [3.63, 3.8) is 0 Å². The summed E-state index contributed by atoms with van der Waals surface area (Å²) >= 11 is 0. The summed E-state index contributed by atoms with van der Waals surface area (Å²) in [6.45, 7) is 4.29. The Kier molecular flexibility index (Phi) is 3.13. The summed E-state index contributed by atoms with van der Waals surface area (Å²) < 4.78 is 5.23. The van der Waals surface area contributed by atoms with Crippen LogP contribution in [0.25, 0.3) is 11.4 Å². The van der Waals surface area contributed by atoms with Gasteiger partial charge in [-0.2, -0.15) is 15.0 Å². The van der Waals surface area contributed by atoms with Crippen molar-refractivity contribution < 1.29 is 4.74 Å². The zero-order valence-electron chi connectivity index (χ0n) is 9.71. The fourth-order valence-electron chi connectivity index (χ4n) is 1.38. The number of aromatic nitrogens is 4. The lowest BCUT2D eigenvalue weighted by Crippen LogP contribution is -2.05. The third kappa shape index (κ3) is 2.47. The van der Waals surface area contributed by atoms with Gasteiger partial charge in [-0.1, -0.05) is 0 Å². The fourth-order valence-corrected chi connectivity index (χ4v) is 1.38. The Hall–Kier alpha value is -2.24. The van der Waals surface area contributed by atoms with Gasteiger partial charge in [0.2, 0.25) is 5.95 Å². The summed E-state index contributed by atoms with van der Waals surface area (Å²) in [5, 5.41) is 0. The van der Waals surface area contributed by atoms with Crippen LogP contribution < -0.4 is 10.5 Å². The molecule has 0 fully saturated rings. The van der Waals surface area contributed by atoms with Gasteiger partial charge in [0.15, 0.2) is 5.82 Å². The molecule has 0 saturated carbocycles. The molecule has 2 N–H and O–H groups in total. The van der Waals surface area contributed by atoms with E-state index < -0.39 is 0 Å². The van der Waals surface area contributed by atoms with E-state index >= 15 is 0 Å². The Morgan fingerprint density at radius 3 is 2.82 bits per heavy atom. The zero-order valence-corrected chi connectivity index (χ0v) is 9.71. The highest BCUT2D eigenvalue weighted by molar-refractivity contribution is 5.59. The maximum atomic E-state index is 5.61. The first kappa shape index (κ1) is 11.3. The summed E-state index contributed by atoms with van der Waals surface area (Å²) in [6, 6.07) is 2.12. The number of hydrogen-bond donors (Lipinski definition) is 1. The SMILES string of the molecule is CCOc1nc(N)nc(-c2cnccc2C)n1. The minimum atomic E-state index is 0.140. The van der Waals surface area contributed by atoms with E-state index in [2.05, 4.69) is 19.9 Å². The normalized spacial score (nSPS) is 10.2. The first-order chi connectivity index (χ1) is 8.20. The number of aryl methyl sites for hydroxylation is 1. The highest BCUT2D eigenvalue weighted by Gasteiger charge is 2.09. The second-order valence-corrected chi connectivity index (χ2v) is 3.42. The maximum absolute atomic E-state index is 5.61. The van der Waals surface area contributed by atoms with Crippen molar-refractivity contribution in [2.45, 2.75) is 13.8 Å². The largest absolute Gasteiger partial charge is 0.464 e. The molecule has 17 heavy (non-hydrogen) atoms. The van der Waals surface area contributed by atoms with E-state index in [9.17, 15) is 0 Å². The van der Waals surface area contributed by atoms with Crippen molar-refractivity contribution in [3.8, 4) is 17.4 Å². The number of rotatable bonds is 3. The Bertz CT molecular complexity index is 529. The molecule has 0 atom stereocenters. The van der Waals surface area contributed by atoms with Crippen LogP contribution in [0.2, 0.25) is 0 Å². The molecule has 0 aliphatic rings. The molecule has 0 radical (unpaired) electrons. The van der Waals surface area contributed by atoms with Gasteiger partial charge in [0.25, 0.3) is 0 Å². The van der Waals surface area contributed by atoms with E-state index in [4.69, 9.17) is 10.5 Å². The average molecular weight is 231 g/mol. The number of nitrogen functional groups attached to an aromatic ring is 1. The third-order valence-corrected chi connectivity index (χ3v) is 2.19. The van der Waals surface area contributed by atoms with E-state index in [-0.39, 0.29) is 12.0 Å². The minimum Gasteiger partial charge on any atom is -0.464 e. The predicted octanol–water partition coefficient (Wildman–Crippen LogP) is 1.22. The van der Waals surface area contributed by atoms with Gasteiger partial charge >= 0.3 is 6.01 Å². The minimum absolute atomic E-state index is 0.140. The summed E-state index contributed by atoms with van der Waals surface area (Å²) in [6.07, 6.45) is 3.41. The smallest absolute Gasteiger partial charge is 0.321 e. The van der Waals surface area contributed by atoms with Gasteiger partial charge in [-0.3, -0.25) is 4.98 Å². The lowest BCUT2D eigenvalue weighted by Gasteiger charge is -2.06. The van der Waals surface area contributed by atoms with E-state index in [1.54, 1.807) is 12.4 Å². The van der Waals surface area contributed by atoms with Crippen molar-refractivity contribution in [1.82, 2.24) is 19.9 Å². The molecule has 0 aliphatic heterocycles. The van der Waals surface area contributed by atoms with Gasteiger partial charge < -0.3 is 10.5 Å². The van der Waals surface area contributed by atoms with Crippen molar-refractivity contribution >= 4 is 5.95 Å². The van der Waals surface area contributed by atoms with Crippen LogP contribution in [0, 0.1) is 6.92 Å². The van der Waals surface area contributed by atoms with E-state index in [1.807, 2.05) is 19.9 Å². The van der Waals surface area contributed by atoms with Crippen LogP contribution in [0.1, 0.15) is 12.5 Å². The molecule has 2 aromatic rings. The zero-order chi connectivity index (χ0) is 12.3. The summed E-state index contributed by atoms with van der Waals surface area (Å²) in [5.74, 6) is 0.619. The molecular weight excluding hydrogens is 218 g/mol. The Labute approximate surface area is 98.9 Å². The third-order valence-electron chi connectivity index (χ3n) is 2.19. The van der Waals surface area contributed by atoms with Gasteiger partial charge in [-0.15, -0.1) is 0 Å². The molecule has 0 amide bonds. The molecule has 0 aromatic carbocycles. The molecule has 2 aromatic heterocycles. The Morgan fingerprint density at radius 2 is 2.12 bits per heavy atom. The monoisotopic (exact) mass is 231 g/mol. The molecule has 88 valence electrons. The van der Waals surface area contributed by atoms with Gasteiger partial charge in [0, 0.05) is 18.0 Å². The molecule has 0 bridgehead atoms. The second-order valence-electron chi connectivity index (χ2n) is 3.42. The number of hydrogen-bond acceptors (Lipinski definition) is 6. The van der Waals surface area contributed by atoms with E-state index in [0.29, 0.717) is 12.4 Å². The standard InChI is InChI=1S/C11H13N5O/c1-3-17-11-15-9(14-10(12)16-11)8-6-13-5-4-7(8)2/h4-6H,3H2,1-2H3,(H2,12,14,15,16). The molecule has 6 heteroatoms. The van der Waals surface area contributed by atoms with Gasteiger partial charge in [0.1, 0.15) is 0 Å². The molecular formula is C11H13N5O. The Balaban J connectivity index is 2.48. The van der Waals surface area contributed by atoms with Crippen molar-refractivity contribution in [1.29, 1.82) is 0 Å². The van der Waals surface area contributed by atoms with Gasteiger partial charge in [-0.05, 0) is 25.5 Å². The highest BCUT2D eigenvalue weighted by Crippen LogP contribution is 2.20. The number of nitrogens with zero attached hydrogens (tertiary/aromatic N) is 4. The lowest BCUT2D eigenvalue weighted by molar-refractivity contribution is 0.312. The number of ether oxygens (including phenoxy) is 1. The molecule has 2 rings (SSSR count).